The van der Waals surface area contributed by atoms with Crippen LogP contribution in [-0.2, 0) is 11.2 Å². The molecule has 1 aromatic heterocycles. The zero-order valence-corrected chi connectivity index (χ0v) is 14.9. The van der Waals surface area contributed by atoms with Crippen LogP contribution in [-0.4, -0.2) is 42.7 Å². The zero-order valence-electron chi connectivity index (χ0n) is 13.3. The molecule has 2 rings (SSSR count). The Hall–Kier alpha value is -1.64. The van der Waals surface area contributed by atoms with Crippen molar-refractivity contribution in [2.75, 3.05) is 31.9 Å². The molecule has 6 nitrogen and oxygen atoms in total. The fourth-order valence-corrected chi connectivity index (χ4v) is 3.00. The van der Waals surface area contributed by atoms with Gasteiger partial charge < -0.3 is 9.47 Å². The summed E-state index contributed by atoms with van der Waals surface area (Å²) in [5.41, 5.74) is 0.469. The summed E-state index contributed by atoms with van der Waals surface area (Å²) in [6.07, 6.45) is 2.66. The van der Waals surface area contributed by atoms with E-state index in [4.69, 9.17) is 9.47 Å². The highest BCUT2D eigenvalue weighted by Gasteiger charge is 2.15. The fraction of sp³-hybridized carbons (Fsp3) is 0.400. The normalized spacial score (nSPS) is 10.6. The molecule has 0 fully saturated rings. The number of methoxy groups -OCH3 is 1. The largest absolute Gasteiger partial charge is 0.496 e. The average molecular weight is 353 g/mol. The lowest BCUT2D eigenvalue weighted by molar-refractivity contribution is 0.102. The summed E-state index contributed by atoms with van der Waals surface area (Å²) >= 11 is 2.94. The number of hydrogen-bond acceptors (Lipinski definition) is 7. The number of aromatic nitrogens is 2. The van der Waals surface area contributed by atoms with Crippen molar-refractivity contribution in [1.29, 1.82) is 0 Å². The molecule has 2 aromatic rings. The first-order chi connectivity index (χ1) is 11.2. The van der Waals surface area contributed by atoms with Crippen molar-refractivity contribution in [2.24, 2.45) is 0 Å². The molecule has 0 aliphatic rings. The summed E-state index contributed by atoms with van der Waals surface area (Å²) < 4.78 is 10.6. The van der Waals surface area contributed by atoms with Gasteiger partial charge in [-0.05, 0) is 31.4 Å². The zero-order chi connectivity index (χ0) is 16.7. The van der Waals surface area contributed by atoms with Crippen molar-refractivity contribution in [2.45, 2.75) is 18.2 Å². The number of ether oxygens (including phenoxy) is 2. The molecule has 0 atom stereocenters. The van der Waals surface area contributed by atoms with Gasteiger partial charge in [-0.25, -0.2) is 0 Å². The van der Waals surface area contributed by atoms with Crippen LogP contribution >= 0.6 is 23.1 Å². The second-order valence-corrected chi connectivity index (χ2v) is 6.41. The molecule has 1 heterocycles. The molecule has 1 N–H and O–H groups in total. The first-order valence-corrected chi connectivity index (χ1v) is 9.15. The van der Waals surface area contributed by atoms with E-state index in [2.05, 4.69) is 15.5 Å². The molecule has 1 amide bonds. The maximum absolute atomic E-state index is 12.4. The highest BCUT2D eigenvalue weighted by atomic mass is 32.2. The van der Waals surface area contributed by atoms with Crippen LogP contribution in [0.25, 0.3) is 0 Å². The van der Waals surface area contributed by atoms with Gasteiger partial charge in [-0.15, -0.1) is 22.0 Å². The molecule has 0 spiro atoms. The van der Waals surface area contributed by atoms with E-state index in [0.29, 0.717) is 36.1 Å². The van der Waals surface area contributed by atoms with E-state index in [9.17, 15) is 4.79 Å². The number of amides is 1. The van der Waals surface area contributed by atoms with E-state index in [1.165, 1.54) is 11.3 Å². The third-order valence-electron chi connectivity index (χ3n) is 3.01. The molecule has 0 unspecified atom stereocenters. The number of carbonyl (C=O) groups is 1. The van der Waals surface area contributed by atoms with Crippen LogP contribution in [0.15, 0.2) is 23.1 Å². The highest BCUT2D eigenvalue weighted by Crippen LogP contribution is 2.26. The van der Waals surface area contributed by atoms with Gasteiger partial charge in [0.2, 0.25) is 5.13 Å². The lowest BCUT2D eigenvalue weighted by atomic mass is 10.2. The van der Waals surface area contributed by atoms with Crippen LogP contribution in [0.4, 0.5) is 5.13 Å². The number of benzene rings is 1. The van der Waals surface area contributed by atoms with E-state index in [0.717, 1.165) is 9.90 Å². The Bertz CT molecular complexity index is 661. The van der Waals surface area contributed by atoms with E-state index >= 15 is 0 Å². The summed E-state index contributed by atoms with van der Waals surface area (Å²) in [4.78, 5) is 13.4. The average Bonchev–Trinajstić information content (AvgIpc) is 3.01. The Morgan fingerprint density at radius 3 is 2.91 bits per heavy atom. The topological polar surface area (TPSA) is 73.3 Å². The molecule has 124 valence electrons. The van der Waals surface area contributed by atoms with Gasteiger partial charge >= 0.3 is 0 Å². The molecule has 0 saturated heterocycles. The third kappa shape index (κ3) is 4.92. The highest BCUT2D eigenvalue weighted by molar-refractivity contribution is 7.98. The van der Waals surface area contributed by atoms with Gasteiger partial charge in [0.05, 0.1) is 19.3 Å². The van der Waals surface area contributed by atoms with E-state index in [-0.39, 0.29) is 5.91 Å². The van der Waals surface area contributed by atoms with Crippen LogP contribution in [0.1, 0.15) is 22.3 Å². The quantitative estimate of drug-likeness (QED) is 0.581. The summed E-state index contributed by atoms with van der Waals surface area (Å²) in [5, 5.41) is 12.1. The second-order valence-electron chi connectivity index (χ2n) is 4.47. The first-order valence-electron chi connectivity index (χ1n) is 7.11. The number of nitrogens with one attached hydrogen (secondary N) is 1. The molecule has 0 radical (unpaired) electrons. The Balaban J connectivity index is 2.04. The number of nitrogens with zero attached hydrogens (tertiary/aromatic N) is 2. The maximum atomic E-state index is 12.4. The van der Waals surface area contributed by atoms with Gasteiger partial charge in [0, 0.05) is 17.9 Å². The smallest absolute Gasteiger partial charge is 0.261 e. The number of anilines is 1. The minimum atomic E-state index is -0.262. The number of rotatable bonds is 8. The lowest BCUT2D eigenvalue weighted by Crippen LogP contribution is -2.13. The van der Waals surface area contributed by atoms with Crippen molar-refractivity contribution in [3.8, 4) is 5.75 Å². The minimum Gasteiger partial charge on any atom is -0.496 e. The second kappa shape index (κ2) is 8.85. The minimum absolute atomic E-state index is 0.262. The molecule has 8 heteroatoms. The van der Waals surface area contributed by atoms with Crippen LogP contribution < -0.4 is 10.1 Å². The van der Waals surface area contributed by atoms with Crippen LogP contribution in [0.5, 0.6) is 5.75 Å². The monoisotopic (exact) mass is 353 g/mol. The molecular formula is C15H19N3O3S2. The Morgan fingerprint density at radius 1 is 1.39 bits per heavy atom. The predicted molar refractivity (Wildman–Crippen MR) is 92.8 cm³/mol. The molecule has 1 aromatic carbocycles. The predicted octanol–water partition coefficient (Wildman–Crippen LogP) is 3.10. The van der Waals surface area contributed by atoms with Crippen LogP contribution in [0.3, 0.4) is 0 Å². The summed E-state index contributed by atoms with van der Waals surface area (Å²) in [6.45, 7) is 3.22. The number of thioether (sulfide) groups is 1. The Morgan fingerprint density at radius 2 is 2.22 bits per heavy atom. The number of carbonyl (C=O) groups excluding carboxylic acids is 1. The standard InChI is InChI=1S/C15H19N3O3S2/c1-4-21-8-7-13-17-18-15(23-13)16-14(19)11-6-5-10(22-3)9-12(11)20-2/h5-6,9H,4,7-8H2,1-3H3,(H,16,18,19). The molecular weight excluding hydrogens is 334 g/mol. The van der Waals surface area contributed by atoms with Gasteiger partial charge in [-0.2, -0.15) is 0 Å². The van der Waals surface area contributed by atoms with Crippen molar-refractivity contribution in [3.05, 3.63) is 28.8 Å². The molecule has 0 bridgehead atoms. The molecule has 0 aliphatic carbocycles. The van der Waals surface area contributed by atoms with Gasteiger partial charge in [-0.3, -0.25) is 10.1 Å². The summed E-state index contributed by atoms with van der Waals surface area (Å²) in [6, 6.07) is 5.47. The maximum Gasteiger partial charge on any atom is 0.261 e. The molecule has 0 saturated carbocycles. The van der Waals surface area contributed by atoms with Gasteiger partial charge in [0.25, 0.3) is 5.91 Å². The van der Waals surface area contributed by atoms with E-state index in [1.807, 2.05) is 25.3 Å². The van der Waals surface area contributed by atoms with E-state index < -0.39 is 0 Å². The van der Waals surface area contributed by atoms with Crippen molar-refractivity contribution < 1.29 is 14.3 Å². The van der Waals surface area contributed by atoms with Gasteiger partial charge in [-0.1, -0.05) is 11.3 Å². The van der Waals surface area contributed by atoms with E-state index in [1.54, 1.807) is 24.9 Å². The van der Waals surface area contributed by atoms with Crippen LogP contribution in [0, 0.1) is 0 Å². The third-order valence-corrected chi connectivity index (χ3v) is 4.63. The SMILES string of the molecule is CCOCCc1nnc(NC(=O)c2ccc(SC)cc2OC)s1. The molecule has 0 aliphatic heterocycles. The van der Waals surface area contributed by atoms with Crippen molar-refractivity contribution in [3.63, 3.8) is 0 Å². The molecule has 23 heavy (non-hydrogen) atoms. The van der Waals surface area contributed by atoms with Gasteiger partial charge in [0.15, 0.2) is 0 Å². The first kappa shape index (κ1) is 17.7. The Kier molecular flexibility index (Phi) is 6.82. The van der Waals surface area contributed by atoms with Crippen molar-refractivity contribution in [1.82, 2.24) is 10.2 Å². The lowest BCUT2D eigenvalue weighted by Gasteiger charge is -2.09. The fourth-order valence-electron chi connectivity index (χ4n) is 1.86. The number of hydrogen-bond donors (Lipinski definition) is 1. The summed E-state index contributed by atoms with van der Waals surface area (Å²) in [5.74, 6) is 0.275. The van der Waals surface area contributed by atoms with Gasteiger partial charge in [0.1, 0.15) is 10.8 Å². The summed E-state index contributed by atoms with van der Waals surface area (Å²) in [7, 11) is 1.55. The Labute approximate surface area is 143 Å². The van der Waals surface area contributed by atoms with Crippen LogP contribution in [0.2, 0.25) is 0 Å². The van der Waals surface area contributed by atoms with Crippen molar-refractivity contribution >= 4 is 34.1 Å².